The van der Waals surface area contributed by atoms with Crippen LogP contribution in [-0.2, 0) is 20.9 Å². The molecule has 1 saturated heterocycles. The van der Waals surface area contributed by atoms with Gasteiger partial charge in [-0.25, -0.2) is 4.79 Å². The summed E-state index contributed by atoms with van der Waals surface area (Å²) in [5.74, 6) is -1.03. The van der Waals surface area contributed by atoms with E-state index >= 15 is 0 Å². The smallest absolute Gasteiger partial charge is 0.354 e. The van der Waals surface area contributed by atoms with E-state index in [1.165, 1.54) is 4.90 Å². The molecule has 2 heterocycles. The largest absolute Gasteiger partial charge is 0.458 e. The number of amides is 2. The summed E-state index contributed by atoms with van der Waals surface area (Å²) >= 11 is 0. The molecular formula is C23H19N3O4. The number of nitrogens with zero attached hydrogens (tertiary/aromatic N) is 3. The highest BCUT2D eigenvalue weighted by atomic mass is 16.5. The second-order valence-corrected chi connectivity index (χ2v) is 7.86. The number of para-hydroxylation sites is 1. The third-order valence-electron chi connectivity index (χ3n) is 5.96. The van der Waals surface area contributed by atoms with E-state index in [2.05, 4.69) is 6.07 Å². The highest BCUT2D eigenvalue weighted by molar-refractivity contribution is 6.15. The van der Waals surface area contributed by atoms with Crippen LogP contribution < -0.4 is 4.90 Å². The van der Waals surface area contributed by atoms with Gasteiger partial charge in [0.1, 0.15) is 6.61 Å². The minimum atomic E-state index is -1.45. The number of hydrogen-bond donors (Lipinski definition) is 0. The van der Waals surface area contributed by atoms with E-state index in [9.17, 15) is 14.4 Å². The fraction of sp³-hybridized carbons (Fsp3) is 0.304. The normalized spacial score (nSPS) is 22.4. The van der Waals surface area contributed by atoms with Crippen LogP contribution in [0.1, 0.15) is 47.2 Å². The monoisotopic (exact) mass is 401 g/mol. The zero-order chi connectivity index (χ0) is 20.9. The quantitative estimate of drug-likeness (QED) is 0.735. The lowest BCUT2D eigenvalue weighted by Crippen LogP contribution is -2.69. The predicted octanol–water partition coefficient (Wildman–Crippen LogP) is 2.74. The molecule has 0 bridgehead atoms. The molecule has 0 spiro atoms. The molecule has 1 aliphatic carbocycles. The van der Waals surface area contributed by atoms with Gasteiger partial charge in [-0.15, -0.1) is 0 Å². The van der Waals surface area contributed by atoms with Crippen molar-refractivity contribution in [2.45, 2.75) is 44.0 Å². The average molecular weight is 401 g/mol. The van der Waals surface area contributed by atoms with Crippen molar-refractivity contribution in [2.75, 3.05) is 4.90 Å². The lowest BCUT2D eigenvalue weighted by Gasteiger charge is -2.48. The molecule has 2 aromatic rings. The fourth-order valence-corrected chi connectivity index (χ4v) is 4.51. The van der Waals surface area contributed by atoms with Crippen LogP contribution in [0.25, 0.3) is 0 Å². The summed E-state index contributed by atoms with van der Waals surface area (Å²) in [5.41, 5.74) is 0.599. The number of nitriles is 1. The number of hydrogen-bond acceptors (Lipinski definition) is 5. The minimum absolute atomic E-state index is 0.0352. The van der Waals surface area contributed by atoms with Crippen molar-refractivity contribution in [1.82, 2.24) is 4.90 Å². The van der Waals surface area contributed by atoms with Crippen molar-refractivity contribution in [3.8, 4) is 6.07 Å². The van der Waals surface area contributed by atoms with Gasteiger partial charge in [-0.3, -0.25) is 14.5 Å². The zero-order valence-electron chi connectivity index (χ0n) is 16.2. The molecular weight excluding hydrogens is 382 g/mol. The maximum Gasteiger partial charge on any atom is 0.354 e. The van der Waals surface area contributed by atoms with Gasteiger partial charge in [0.2, 0.25) is 11.6 Å². The summed E-state index contributed by atoms with van der Waals surface area (Å²) < 4.78 is 5.66. The highest BCUT2D eigenvalue weighted by Gasteiger charge is 2.64. The van der Waals surface area contributed by atoms with Crippen molar-refractivity contribution in [2.24, 2.45) is 0 Å². The molecule has 2 aliphatic heterocycles. The Morgan fingerprint density at radius 1 is 1.17 bits per heavy atom. The highest BCUT2D eigenvalue weighted by Crippen LogP contribution is 2.49. The Labute approximate surface area is 173 Å². The number of esters is 1. The summed E-state index contributed by atoms with van der Waals surface area (Å²) in [6.45, 7) is -0.0352. The van der Waals surface area contributed by atoms with Gasteiger partial charge in [0.15, 0.2) is 0 Å². The van der Waals surface area contributed by atoms with Crippen LogP contribution >= 0.6 is 0 Å². The molecule has 2 aromatic carbocycles. The Bertz CT molecular complexity index is 1120. The van der Waals surface area contributed by atoms with Crippen LogP contribution in [0, 0.1) is 11.3 Å². The first kappa shape index (κ1) is 18.4. The fourth-order valence-electron chi connectivity index (χ4n) is 4.51. The number of benzene rings is 2. The van der Waals surface area contributed by atoms with E-state index in [1.54, 1.807) is 53.4 Å². The van der Waals surface area contributed by atoms with Gasteiger partial charge in [-0.05, 0) is 42.7 Å². The molecule has 5 rings (SSSR count). The van der Waals surface area contributed by atoms with Crippen molar-refractivity contribution < 1.29 is 19.1 Å². The standard InChI is InChI=1S/C23H19N3O4/c24-13-15-4-3-5-16(12-15)14-30-22(29)23-11-10-20(27)26(23)19-7-2-1-6-18(19)21(28)25(23)17-8-9-17/h1-7,12,17H,8-11,14H2/t23-/m1/s1. The average Bonchev–Trinajstić information content (AvgIpc) is 3.54. The van der Waals surface area contributed by atoms with Gasteiger partial charge in [0.05, 0.1) is 22.9 Å². The Balaban J connectivity index is 1.54. The molecule has 7 heteroatoms. The Kier molecular flexibility index (Phi) is 4.10. The summed E-state index contributed by atoms with van der Waals surface area (Å²) in [6, 6.07) is 15.7. The lowest BCUT2D eigenvalue weighted by atomic mass is 9.96. The van der Waals surface area contributed by atoms with Crippen LogP contribution in [-0.4, -0.2) is 34.4 Å². The number of carbonyl (C=O) groups is 3. The summed E-state index contributed by atoms with van der Waals surface area (Å²) in [4.78, 5) is 42.8. The third-order valence-corrected chi connectivity index (χ3v) is 5.96. The molecule has 1 atom stereocenters. The molecule has 0 aromatic heterocycles. The maximum absolute atomic E-state index is 13.5. The van der Waals surface area contributed by atoms with Gasteiger partial charge < -0.3 is 9.64 Å². The minimum Gasteiger partial charge on any atom is -0.458 e. The number of fused-ring (bicyclic) bond motifs is 3. The Morgan fingerprint density at radius 2 is 1.97 bits per heavy atom. The molecule has 0 N–H and O–H groups in total. The van der Waals surface area contributed by atoms with Crippen LogP contribution in [0.3, 0.4) is 0 Å². The predicted molar refractivity (Wildman–Crippen MR) is 106 cm³/mol. The summed E-state index contributed by atoms with van der Waals surface area (Å²) in [7, 11) is 0. The zero-order valence-corrected chi connectivity index (χ0v) is 16.2. The van der Waals surface area contributed by atoms with Crippen molar-refractivity contribution >= 4 is 23.5 Å². The van der Waals surface area contributed by atoms with E-state index in [1.807, 2.05) is 0 Å². The first-order chi connectivity index (χ1) is 14.6. The molecule has 150 valence electrons. The van der Waals surface area contributed by atoms with Gasteiger partial charge >= 0.3 is 5.97 Å². The lowest BCUT2D eigenvalue weighted by molar-refractivity contribution is -0.159. The van der Waals surface area contributed by atoms with Gasteiger partial charge in [0, 0.05) is 18.9 Å². The van der Waals surface area contributed by atoms with Crippen LogP contribution in [0.2, 0.25) is 0 Å². The molecule has 30 heavy (non-hydrogen) atoms. The summed E-state index contributed by atoms with van der Waals surface area (Å²) in [6.07, 6.45) is 1.98. The third kappa shape index (κ3) is 2.61. The Morgan fingerprint density at radius 3 is 2.73 bits per heavy atom. The molecule has 7 nitrogen and oxygen atoms in total. The van der Waals surface area contributed by atoms with E-state index < -0.39 is 11.6 Å². The molecule has 2 amide bonds. The van der Waals surface area contributed by atoms with Crippen LogP contribution in [0.4, 0.5) is 5.69 Å². The second kappa shape index (κ2) is 6.70. The summed E-state index contributed by atoms with van der Waals surface area (Å²) in [5, 5.41) is 9.07. The van der Waals surface area contributed by atoms with E-state index in [-0.39, 0.29) is 37.3 Å². The van der Waals surface area contributed by atoms with E-state index in [0.29, 0.717) is 22.4 Å². The SMILES string of the molecule is N#Cc1cccc(COC(=O)[C@@]23CCC(=O)N2c2ccccc2C(=O)N3C2CC2)c1. The van der Waals surface area contributed by atoms with Gasteiger partial charge in [-0.1, -0.05) is 24.3 Å². The van der Waals surface area contributed by atoms with E-state index in [4.69, 9.17) is 10.00 Å². The number of rotatable bonds is 4. The number of carbonyl (C=O) groups excluding carboxylic acids is 3. The van der Waals surface area contributed by atoms with Crippen LogP contribution in [0.5, 0.6) is 0 Å². The molecule has 0 unspecified atom stereocenters. The topological polar surface area (TPSA) is 90.7 Å². The van der Waals surface area contributed by atoms with Gasteiger partial charge in [-0.2, -0.15) is 5.26 Å². The number of anilines is 1. The molecule has 0 radical (unpaired) electrons. The Hall–Kier alpha value is -3.66. The van der Waals surface area contributed by atoms with Crippen molar-refractivity contribution in [3.63, 3.8) is 0 Å². The first-order valence-corrected chi connectivity index (χ1v) is 9.98. The van der Waals surface area contributed by atoms with Gasteiger partial charge in [0.25, 0.3) is 5.91 Å². The van der Waals surface area contributed by atoms with Crippen LogP contribution in [0.15, 0.2) is 48.5 Å². The first-order valence-electron chi connectivity index (χ1n) is 9.98. The number of ether oxygens (including phenoxy) is 1. The van der Waals surface area contributed by atoms with Crippen molar-refractivity contribution in [1.29, 1.82) is 5.26 Å². The second-order valence-electron chi connectivity index (χ2n) is 7.86. The molecule has 3 aliphatic rings. The molecule has 1 saturated carbocycles. The van der Waals surface area contributed by atoms with E-state index in [0.717, 1.165) is 12.8 Å². The van der Waals surface area contributed by atoms with Crippen molar-refractivity contribution in [3.05, 3.63) is 65.2 Å². The maximum atomic E-state index is 13.5. The molecule has 2 fully saturated rings.